The molecule has 0 N–H and O–H groups in total. The SMILES string of the molecule is C=CCCCl.CCc1ccccc1[SiH3]. The molecule has 0 saturated heterocycles. The zero-order valence-corrected chi connectivity index (χ0v) is 11.8. The lowest BCUT2D eigenvalue weighted by molar-refractivity contribution is 1.15. The normalized spacial score (nSPS) is 9.00. The molecule has 78 valence electrons. The van der Waals surface area contributed by atoms with E-state index < -0.39 is 0 Å². The molecule has 1 rings (SSSR count). The third-order valence-corrected chi connectivity index (χ3v) is 3.15. The van der Waals surface area contributed by atoms with E-state index in [2.05, 4.69) is 37.8 Å². The van der Waals surface area contributed by atoms with E-state index in [9.17, 15) is 0 Å². The third kappa shape index (κ3) is 6.00. The Bertz CT molecular complexity index is 258. The molecule has 0 spiro atoms. The zero-order valence-electron chi connectivity index (χ0n) is 9.09. The fourth-order valence-electron chi connectivity index (χ4n) is 1.08. The number of hydrogen-bond donors (Lipinski definition) is 0. The minimum Gasteiger partial charge on any atom is -0.126 e. The van der Waals surface area contributed by atoms with Crippen LogP contribution in [0.4, 0.5) is 0 Å². The zero-order chi connectivity index (χ0) is 10.8. The average molecular weight is 227 g/mol. The first-order valence-corrected chi connectivity index (χ1v) is 6.51. The standard InChI is InChI=1S/C8H12Si.C4H7Cl/c1-2-7-5-3-4-6-8(7)9;1-2-3-4-5/h3-6H,2H2,1,9H3;2H,1,3-4H2. The van der Waals surface area contributed by atoms with Gasteiger partial charge in [-0.25, -0.2) is 0 Å². The summed E-state index contributed by atoms with van der Waals surface area (Å²) in [5, 5.41) is 1.54. The molecule has 0 atom stereocenters. The largest absolute Gasteiger partial charge is 0.126 e. The van der Waals surface area contributed by atoms with Gasteiger partial charge in [0.25, 0.3) is 0 Å². The van der Waals surface area contributed by atoms with E-state index in [0.29, 0.717) is 5.88 Å². The van der Waals surface area contributed by atoms with E-state index >= 15 is 0 Å². The first-order chi connectivity index (χ1) is 6.76. The van der Waals surface area contributed by atoms with E-state index in [1.54, 1.807) is 11.3 Å². The summed E-state index contributed by atoms with van der Waals surface area (Å²) >= 11 is 5.23. The Morgan fingerprint density at radius 1 is 1.43 bits per heavy atom. The monoisotopic (exact) mass is 226 g/mol. The minimum absolute atomic E-state index is 0.698. The number of halogens is 1. The summed E-state index contributed by atoms with van der Waals surface area (Å²) < 4.78 is 0. The van der Waals surface area contributed by atoms with Gasteiger partial charge in [0.2, 0.25) is 0 Å². The molecule has 14 heavy (non-hydrogen) atoms. The average Bonchev–Trinajstić information content (AvgIpc) is 2.21. The van der Waals surface area contributed by atoms with Crippen LogP contribution < -0.4 is 5.19 Å². The van der Waals surface area contributed by atoms with E-state index in [4.69, 9.17) is 11.6 Å². The molecule has 0 bridgehead atoms. The maximum absolute atomic E-state index is 5.23. The smallest absolute Gasteiger partial charge is 0.0388 e. The maximum atomic E-state index is 5.23. The number of benzene rings is 1. The van der Waals surface area contributed by atoms with Crippen molar-refractivity contribution in [2.45, 2.75) is 19.8 Å². The number of alkyl halides is 1. The molecule has 1 aromatic carbocycles. The van der Waals surface area contributed by atoms with Gasteiger partial charge in [0, 0.05) is 16.1 Å². The molecule has 2 heteroatoms. The number of aryl methyl sites for hydroxylation is 1. The van der Waals surface area contributed by atoms with Crippen LogP contribution in [0, 0.1) is 0 Å². The molecular formula is C12H19ClSi. The second kappa shape index (κ2) is 9.04. The highest BCUT2D eigenvalue weighted by molar-refractivity contribution is 6.33. The van der Waals surface area contributed by atoms with Crippen LogP contribution in [0.1, 0.15) is 18.9 Å². The molecule has 0 aliphatic heterocycles. The van der Waals surface area contributed by atoms with Gasteiger partial charge in [-0.2, -0.15) is 0 Å². The van der Waals surface area contributed by atoms with Crippen LogP contribution >= 0.6 is 11.6 Å². The second-order valence-electron chi connectivity index (χ2n) is 3.05. The minimum atomic E-state index is 0.698. The Morgan fingerprint density at radius 2 is 2.07 bits per heavy atom. The van der Waals surface area contributed by atoms with Crippen molar-refractivity contribution in [3.05, 3.63) is 42.5 Å². The highest BCUT2D eigenvalue weighted by Gasteiger charge is 1.89. The summed E-state index contributed by atoms with van der Waals surface area (Å²) in [6.45, 7) is 5.67. The highest BCUT2D eigenvalue weighted by Crippen LogP contribution is 1.93. The van der Waals surface area contributed by atoms with E-state index in [-0.39, 0.29) is 0 Å². The third-order valence-electron chi connectivity index (χ3n) is 1.96. The van der Waals surface area contributed by atoms with Crippen LogP contribution in [-0.2, 0) is 6.42 Å². The predicted octanol–water partition coefficient (Wildman–Crippen LogP) is 2.04. The fourth-order valence-corrected chi connectivity index (χ4v) is 1.95. The van der Waals surface area contributed by atoms with Gasteiger partial charge in [0.1, 0.15) is 0 Å². The van der Waals surface area contributed by atoms with Crippen LogP contribution in [0.3, 0.4) is 0 Å². The van der Waals surface area contributed by atoms with Gasteiger partial charge in [-0.15, -0.1) is 18.2 Å². The second-order valence-corrected chi connectivity index (χ2v) is 4.50. The van der Waals surface area contributed by atoms with Crippen molar-refractivity contribution in [3.8, 4) is 0 Å². The van der Waals surface area contributed by atoms with Gasteiger partial charge < -0.3 is 0 Å². The van der Waals surface area contributed by atoms with Crippen molar-refractivity contribution in [2.75, 3.05) is 5.88 Å². The summed E-state index contributed by atoms with van der Waals surface area (Å²) in [6.07, 6.45) is 3.90. The van der Waals surface area contributed by atoms with Crippen LogP contribution in [-0.4, -0.2) is 16.1 Å². The molecule has 0 saturated carbocycles. The number of allylic oxidation sites excluding steroid dienone is 1. The molecule has 0 amide bonds. The summed E-state index contributed by atoms with van der Waals surface area (Å²) in [5.74, 6) is 0.698. The van der Waals surface area contributed by atoms with Gasteiger partial charge in [-0.1, -0.05) is 48.0 Å². The fraction of sp³-hybridized carbons (Fsp3) is 0.333. The van der Waals surface area contributed by atoms with Crippen molar-refractivity contribution in [3.63, 3.8) is 0 Å². The lowest BCUT2D eigenvalue weighted by Crippen LogP contribution is -2.07. The van der Waals surface area contributed by atoms with Crippen molar-refractivity contribution in [1.82, 2.24) is 0 Å². The molecule has 0 nitrogen and oxygen atoms in total. The van der Waals surface area contributed by atoms with Gasteiger partial charge in [-0.05, 0) is 12.8 Å². The molecule has 0 radical (unpaired) electrons. The molecular weight excluding hydrogens is 208 g/mol. The van der Waals surface area contributed by atoms with Crippen LogP contribution in [0.25, 0.3) is 0 Å². The molecule has 0 heterocycles. The number of hydrogen-bond acceptors (Lipinski definition) is 0. The quantitative estimate of drug-likeness (QED) is 0.421. The van der Waals surface area contributed by atoms with Gasteiger partial charge in [0.15, 0.2) is 0 Å². The Labute approximate surface area is 95.4 Å². The number of rotatable bonds is 3. The van der Waals surface area contributed by atoms with Gasteiger partial charge in [0.05, 0.1) is 0 Å². The lowest BCUT2D eigenvalue weighted by atomic mass is 10.2. The van der Waals surface area contributed by atoms with Gasteiger partial charge in [-0.3, -0.25) is 0 Å². The summed E-state index contributed by atoms with van der Waals surface area (Å²) in [4.78, 5) is 0. The van der Waals surface area contributed by atoms with Crippen LogP contribution in [0.2, 0.25) is 0 Å². The molecule has 1 aromatic rings. The predicted molar refractivity (Wildman–Crippen MR) is 70.9 cm³/mol. The molecule has 0 aliphatic rings. The molecule has 0 fully saturated rings. The van der Waals surface area contributed by atoms with Crippen LogP contribution in [0.15, 0.2) is 36.9 Å². The van der Waals surface area contributed by atoms with Crippen molar-refractivity contribution < 1.29 is 0 Å². The van der Waals surface area contributed by atoms with Crippen molar-refractivity contribution >= 4 is 27.0 Å². The summed E-state index contributed by atoms with van der Waals surface area (Å²) in [7, 11) is 1.19. The van der Waals surface area contributed by atoms with Gasteiger partial charge >= 0.3 is 0 Å². The summed E-state index contributed by atoms with van der Waals surface area (Å²) in [5.41, 5.74) is 1.52. The lowest BCUT2D eigenvalue weighted by Gasteiger charge is -1.98. The highest BCUT2D eigenvalue weighted by atomic mass is 35.5. The summed E-state index contributed by atoms with van der Waals surface area (Å²) in [6, 6.07) is 8.65. The Morgan fingerprint density at radius 3 is 2.36 bits per heavy atom. The van der Waals surface area contributed by atoms with E-state index in [1.165, 1.54) is 22.2 Å². The Balaban J connectivity index is 0.000000292. The van der Waals surface area contributed by atoms with Crippen molar-refractivity contribution in [2.24, 2.45) is 0 Å². The molecule has 0 unspecified atom stereocenters. The van der Waals surface area contributed by atoms with Crippen molar-refractivity contribution in [1.29, 1.82) is 0 Å². The Kier molecular flexibility index (Phi) is 8.69. The van der Waals surface area contributed by atoms with Crippen LogP contribution in [0.5, 0.6) is 0 Å². The topological polar surface area (TPSA) is 0 Å². The first kappa shape index (κ1) is 13.5. The molecule has 0 aromatic heterocycles. The molecule has 0 aliphatic carbocycles. The van der Waals surface area contributed by atoms with E-state index in [0.717, 1.165) is 6.42 Å². The maximum Gasteiger partial charge on any atom is 0.0388 e. The van der Waals surface area contributed by atoms with E-state index in [1.807, 2.05) is 0 Å². The Hall–Kier alpha value is -0.533. The first-order valence-electron chi connectivity index (χ1n) is 4.97.